The molecule has 0 aliphatic carbocycles. The number of anilines is 2. The fourth-order valence-electron chi connectivity index (χ4n) is 4.44. The molecule has 7 nitrogen and oxygen atoms in total. The maximum absolute atomic E-state index is 13.5. The molecule has 202 valence electrons. The van der Waals surface area contributed by atoms with Crippen molar-refractivity contribution < 1.29 is 9.59 Å². The van der Waals surface area contributed by atoms with Crippen molar-refractivity contribution in [1.82, 2.24) is 14.7 Å². The maximum Gasteiger partial charge on any atom is 0.322 e. The summed E-state index contributed by atoms with van der Waals surface area (Å²) < 4.78 is 1.76. The van der Waals surface area contributed by atoms with Gasteiger partial charge in [0, 0.05) is 17.8 Å². The van der Waals surface area contributed by atoms with Crippen molar-refractivity contribution >= 4 is 23.4 Å². The Bertz CT molecular complexity index is 1390. The van der Waals surface area contributed by atoms with Gasteiger partial charge in [0.05, 0.1) is 11.4 Å². The van der Waals surface area contributed by atoms with Gasteiger partial charge in [-0.2, -0.15) is 5.10 Å². The van der Waals surface area contributed by atoms with E-state index < -0.39 is 0 Å². The zero-order valence-corrected chi connectivity index (χ0v) is 23.2. The van der Waals surface area contributed by atoms with Crippen molar-refractivity contribution in [2.75, 3.05) is 23.7 Å². The van der Waals surface area contributed by atoms with Crippen LogP contribution >= 0.6 is 0 Å². The van der Waals surface area contributed by atoms with Gasteiger partial charge in [-0.05, 0) is 62.1 Å². The Balaban J connectivity index is 1.60. The number of carbonyl (C=O) groups excluding carboxylic acids is 2. The summed E-state index contributed by atoms with van der Waals surface area (Å²) in [5, 5.41) is 10.8. The Morgan fingerprint density at radius 2 is 1.56 bits per heavy atom. The smallest absolute Gasteiger partial charge is 0.315 e. The van der Waals surface area contributed by atoms with E-state index in [1.54, 1.807) is 9.58 Å². The molecular formula is C32H37N5O2. The van der Waals surface area contributed by atoms with Crippen molar-refractivity contribution in [3.05, 3.63) is 95.7 Å². The number of nitrogens with one attached hydrogen (secondary N) is 2. The number of amides is 3. The Morgan fingerprint density at radius 1 is 0.872 bits per heavy atom. The van der Waals surface area contributed by atoms with Gasteiger partial charge >= 0.3 is 6.03 Å². The molecule has 0 unspecified atom stereocenters. The van der Waals surface area contributed by atoms with Crippen LogP contribution in [0.4, 0.5) is 16.3 Å². The van der Waals surface area contributed by atoms with Crippen LogP contribution in [0.15, 0.2) is 78.9 Å². The van der Waals surface area contributed by atoms with Crippen molar-refractivity contribution in [3.63, 3.8) is 0 Å². The molecule has 4 aromatic rings. The second kappa shape index (κ2) is 12.9. The fourth-order valence-corrected chi connectivity index (χ4v) is 4.44. The summed E-state index contributed by atoms with van der Waals surface area (Å²) in [5.41, 5.74) is 6.50. The van der Waals surface area contributed by atoms with E-state index in [1.807, 2.05) is 92.7 Å². The molecule has 39 heavy (non-hydrogen) atoms. The number of aromatic nitrogens is 2. The number of carbonyl (C=O) groups is 2. The highest BCUT2D eigenvalue weighted by atomic mass is 16.2. The van der Waals surface area contributed by atoms with Gasteiger partial charge in [-0.3, -0.25) is 4.79 Å². The van der Waals surface area contributed by atoms with E-state index in [0.29, 0.717) is 18.1 Å². The number of aryl methyl sites for hydroxylation is 3. The molecule has 0 spiro atoms. The zero-order chi connectivity index (χ0) is 27.8. The highest BCUT2D eigenvalue weighted by Crippen LogP contribution is 2.33. The summed E-state index contributed by atoms with van der Waals surface area (Å²) >= 11 is 0. The number of hydrogen-bond acceptors (Lipinski definition) is 3. The van der Waals surface area contributed by atoms with E-state index in [4.69, 9.17) is 5.10 Å². The Labute approximate surface area is 230 Å². The lowest BCUT2D eigenvalue weighted by Gasteiger charge is -2.23. The van der Waals surface area contributed by atoms with Crippen molar-refractivity contribution in [2.45, 2.75) is 47.0 Å². The van der Waals surface area contributed by atoms with Gasteiger partial charge in [0.1, 0.15) is 12.4 Å². The van der Waals surface area contributed by atoms with Crippen LogP contribution in [0.25, 0.3) is 16.8 Å². The molecule has 3 aromatic carbocycles. The number of nitrogens with zero attached hydrogens (tertiary/aromatic N) is 3. The normalized spacial score (nSPS) is 10.8. The summed E-state index contributed by atoms with van der Waals surface area (Å²) in [6.45, 7) is 8.52. The van der Waals surface area contributed by atoms with Crippen LogP contribution in [-0.4, -0.2) is 39.7 Å². The third-order valence-corrected chi connectivity index (χ3v) is 6.68. The van der Waals surface area contributed by atoms with Crippen LogP contribution in [-0.2, 0) is 11.2 Å². The second-order valence-electron chi connectivity index (χ2n) is 9.73. The van der Waals surface area contributed by atoms with Gasteiger partial charge in [0.25, 0.3) is 0 Å². The third kappa shape index (κ3) is 6.93. The number of hydrogen-bond donors (Lipinski definition) is 2. The highest BCUT2D eigenvalue weighted by Gasteiger charge is 2.23. The van der Waals surface area contributed by atoms with Crippen LogP contribution < -0.4 is 10.6 Å². The molecule has 3 amide bonds. The lowest BCUT2D eigenvalue weighted by Crippen LogP contribution is -2.41. The molecule has 0 atom stereocenters. The van der Waals surface area contributed by atoms with E-state index in [1.165, 1.54) is 5.56 Å². The SMILES string of the molecule is CCCCN(CC(=O)Nc1c(-c2ccccc2)c(C)nn1-c1ccc(C)cc1)C(=O)Nc1ccc(CC)cc1. The maximum atomic E-state index is 13.5. The molecule has 0 saturated heterocycles. The van der Waals surface area contributed by atoms with Gasteiger partial charge in [0.2, 0.25) is 5.91 Å². The van der Waals surface area contributed by atoms with E-state index in [9.17, 15) is 9.59 Å². The molecule has 0 saturated carbocycles. The fraction of sp³-hybridized carbons (Fsp3) is 0.281. The minimum atomic E-state index is -0.297. The van der Waals surface area contributed by atoms with Gasteiger partial charge in [-0.1, -0.05) is 80.4 Å². The van der Waals surface area contributed by atoms with Gasteiger partial charge in [0.15, 0.2) is 0 Å². The molecule has 4 rings (SSSR count). The summed E-state index contributed by atoms with van der Waals surface area (Å²) in [7, 11) is 0. The minimum absolute atomic E-state index is 0.0781. The molecule has 1 heterocycles. The molecule has 0 fully saturated rings. The lowest BCUT2D eigenvalue weighted by molar-refractivity contribution is -0.116. The number of urea groups is 1. The van der Waals surface area contributed by atoms with Gasteiger partial charge in [-0.15, -0.1) is 0 Å². The molecule has 2 N–H and O–H groups in total. The first-order valence-electron chi connectivity index (χ1n) is 13.6. The predicted octanol–water partition coefficient (Wildman–Crippen LogP) is 6.99. The van der Waals surface area contributed by atoms with Gasteiger partial charge in [-0.25, -0.2) is 9.48 Å². The third-order valence-electron chi connectivity index (χ3n) is 6.68. The highest BCUT2D eigenvalue weighted by molar-refractivity contribution is 5.99. The zero-order valence-electron chi connectivity index (χ0n) is 23.2. The van der Waals surface area contributed by atoms with Crippen LogP contribution in [0.1, 0.15) is 43.5 Å². The van der Waals surface area contributed by atoms with Crippen LogP contribution in [0, 0.1) is 13.8 Å². The number of rotatable bonds is 10. The first-order valence-corrected chi connectivity index (χ1v) is 13.6. The summed E-state index contributed by atoms with van der Waals surface area (Å²) in [6.07, 6.45) is 2.64. The van der Waals surface area contributed by atoms with E-state index in [2.05, 4.69) is 24.5 Å². The minimum Gasteiger partial charge on any atom is -0.315 e. The average molecular weight is 524 g/mol. The van der Waals surface area contributed by atoms with Crippen LogP contribution in [0.5, 0.6) is 0 Å². The van der Waals surface area contributed by atoms with Crippen molar-refractivity contribution in [1.29, 1.82) is 0 Å². The molecule has 0 aliphatic rings. The number of benzene rings is 3. The van der Waals surface area contributed by atoms with Crippen LogP contribution in [0.3, 0.4) is 0 Å². The average Bonchev–Trinajstić information content (AvgIpc) is 3.27. The van der Waals surface area contributed by atoms with Crippen molar-refractivity contribution in [3.8, 4) is 16.8 Å². The molecule has 7 heteroatoms. The first-order chi connectivity index (χ1) is 18.9. The quantitative estimate of drug-likeness (QED) is 0.235. The monoisotopic (exact) mass is 523 g/mol. The largest absolute Gasteiger partial charge is 0.322 e. The second-order valence-corrected chi connectivity index (χ2v) is 9.73. The van der Waals surface area contributed by atoms with Crippen molar-refractivity contribution in [2.24, 2.45) is 0 Å². The Morgan fingerprint density at radius 3 is 2.21 bits per heavy atom. The predicted molar refractivity (Wildman–Crippen MR) is 158 cm³/mol. The summed E-state index contributed by atoms with van der Waals surface area (Å²) in [5.74, 6) is 0.298. The standard InChI is InChI=1S/C32H37N5O2/c1-5-7-21-36(32(39)33-27-17-15-25(6-2)16-18-27)22-29(38)34-31-30(26-11-9-8-10-12-26)24(4)35-37(31)28-19-13-23(3)14-20-28/h8-20H,5-7,21-22H2,1-4H3,(H,33,39)(H,34,38). The topological polar surface area (TPSA) is 79.3 Å². The summed E-state index contributed by atoms with van der Waals surface area (Å²) in [4.78, 5) is 28.2. The lowest BCUT2D eigenvalue weighted by atomic mass is 10.1. The van der Waals surface area contributed by atoms with Crippen LogP contribution in [0.2, 0.25) is 0 Å². The molecule has 1 aromatic heterocycles. The molecule has 0 bridgehead atoms. The first kappa shape index (κ1) is 27.6. The molecule has 0 radical (unpaired) electrons. The summed E-state index contributed by atoms with van der Waals surface area (Å²) in [6, 6.07) is 25.4. The molecular weight excluding hydrogens is 486 g/mol. The molecule has 0 aliphatic heterocycles. The van der Waals surface area contributed by atoms with E-state index >= 15 is 0 Å². The van der Waals surface area contributed by atoms with Gasteiger partial charge < -0.3 is 15.5 Å². The Kier molecular flexibility index (Phi) is 9.15. The van der Waals surface area contributed by atoms with E-state index in [-0.39, 0.29) is 18.5 Å². The Hall–Kier alpha value is -4.39. The van der Waals surface area contributed by atoms with E-state index in [0.717, 1.165) is 47.3 Å². The number of unbranched alkanes of at least 4 members (excludes halogenated alkanes) is 1.